The van der Waals surface area contributed by atoms with Crippen molar-refractivity contribution in [2.24, 2.45) is 20.5 Å². The van der Waals surface area contributed by atoms with E-state index in [0.29, 0.717) is 50.6 Å². The number of nitriles is 1. The van der Waals surface area contributed by atoms with Crippen LogP contribution >= 0.6 is 0 Å². The van der Waals surface area contributed by atoms with E-state index >= 15 is 0 Å². The Labute approximate surface area is 280 Å². The molecular formula is C30H49N9O9. The van der Waals surface area contributed by atoms with Crippen LogP contribution in [0.1, 0.15) is 0 Å². The SMILES string of the molecule is N#CN=Nc1ccc(N(CCO)CCO)cc1.O=C(N=Nc1ccc(N(CCO)CCO)cc1)N(CCO)CCO.OCCNCCO. The topological polar surface area (TPSA) is 274 Å². The number of nitrogens with one attached hydrogen (secondary N) is 1. The molecule has 0 saturated heterocycles. The van der Waals surface area contributed by atoms with Gasteiger partial charge in [0.25, 0.3) is 0 Å². The van der Waals surface area contributed by atoms with Gasteiger partial charge in [-0.3, -0.25) is 0 Å². The van der Waals surface area contributed by atoms with Crippen molar-refractivity contribution >= 4 is 28.8 Å². The second-order valence-electron chi connectivity index (χ2n) is 9.32. The first kappa shape index (κ1) is 43.8. The largest absolute Gasteiger partial charge is 0.395 e. The normalized spacial score (nSPS) is 10.6. The predicted octanol–water partition coefficient (Wildman–Crippen LogP) is -0.429. The lowest BCUT2D eigenvalue weighted by atomic mass is 10.2. The van der Waals surface area contributed by atoms with E-state index < -0.39 is 6.03 Å². The van der Waals surface area contributed by atoms with Crippen molar-refractivity contribution in [3.8, 4) is 6.19 Å². The van der Waals surface area contributed by atoms with Gasteiger partial charge in [0.1, 0.15) is 0 Å². The third kappa shape index (κ3) is 20.2. The maximum absolute atomic E-state index is 11.8. The van der Waals surface area contributed by atoms with Crippen molar-refractivity contribution in [2.45, 2.75) is 0 Å². The van der Waals surface area contributed by atoms with E-state index in [1.54, 1.807) is 54.7 Å². The lowest BCUT2D eigenvalue weighted by molar-refractivity contribution is 0.164. The van der Waals surface area contributed by atoms with Crippen molar-refractivity contribution in [3.63, 3.8) is 0 Å². The van der Waals surface area contributed by atoms with E-state index in [0.717, 1.165) is 11.4 Å². The number of hydrogen-bond acceptors (Lipinski definition) is 16. The number of benzene rings is 2. The molecule has 0 aliphatic heterocycles. The van der Waals surface area contributed by atoms with Gasteiger partial charge in [-0.05, 0) is 48.5 Å². The number of anilines is 2. The third-order valence-corrected chi connectivity index (χ3v) is 5.96. The van der Waals surface area contributed by atoms with Gasteiger partial charge in [0, 0.05) is 63.7 Å². The quantitative estimate of drug-likeness (QED) is 0.0489. The monoisotopic (exact) mass is 679 g/mol. The zero-order valence-electron chi connectivity index (χ0n) is 27.0. The predicted molar refractivity (Wildman–Crippen MR) is 178 cm³/mol. The zero-order chi connectivity index (χ0) is 35.8. The number of carbonyl (C=O) groups is 1. The molecule has 2 rings (SSSR count). The van der Waals surface area contributed by atoms with Gasteiger partial charge < -0.3 is 60.9 Å². The summed E-state index contributed by atoms with van der Waals surface area (Å²) in [5.74, 6) is 0. The van der Waals surface area contributed by atoms with Crippen LogP contribution in [0.15, 0.2) is 69.0 Å². The van der Waals surface area contributed by atoms with E-state index in [-0.39, 0.29) is 65.9 Å². The first-order valence-electron chi connectivity index (χ1n) is 15.2. The molecule has 2 aromatic carbocycles. The van der Waals surface area contributed by atoms with Crippen molar-refractivity contribution in [2.75, 3.05) is 115 Å². The maximum atomic E-state index is 11.8. The van der Waals surface area contributed by atoms with Gasteiger partial charge in [-0.15, -0.1) is 10.2 Å². The van der Waals surface area contributed by atoms with Gasteiger partial charge in [0.15, 0.2) is 0 Å². The van der Waals surface area contributed by atoms with Crippen LogP contribution in [0.5, 0.6) is 0 Å². The molecule has 0 unspecified atom stereocenters. The summed E-state index contributed by atoms with van der Waals surface area (Å²) in [7, 11) is 0. The number of carbonyl (C=O) groups excluding carboxylic acids is 1. The first-order valence-corrected chi connectivity index (χ1v) is 15.2. The average Bonchev–Trinajstić information content (AvgIpc) is 3.11. The third-order valence-electron chi connectivity index (χ3n) is 5.96. The fraction of sp³-hybridized carbons (Fsp3) is 0.533. The zero-order valence-corrected chi connectivity index (χ0v) is 27.0. The number of rotatable bonds is 20. The van der Waals surface area contributed by atoms with Crippen molar-refractivity contribution in [3.05, 3.63) is 48.5 Å². The molecule has 48 heavy (non-hydrogen) atoms. The Bertz CT molecular complexity index is 1150. The number of aliphatic hydroxyl groups is 8. The molecule has 0 bridgehead atoms. The molecular weight excluding hydrogens is 630 g/mol. The Hall–Kier alpha value is -4.16. The Morgan fingerprint density at radius 1 is 0.583 bits per heavy atom. The van der Waals surface area contributed by atoms with Gasteiger partial charge in [0.05, 0.1) is 64.2 Å². The van der Waals surface area contributed by atoms with Crippen LogP contribution in [0.3, 0.4) is 0 Å². The van der Waals surface area contributed by atoms with Crippen LogP contribution < -0.4 is 15.1 Å². The fourth-order valence-corrected chi connectivity index (χ4v) is 3.75. The molecule has 0 aliphatic carbocycles. The molecule has 0 radical (unpaired) electrons. The summed E-state index contributed by atoms with van der Waals surface area (Å²) in [5, 5.41) is 95.2. The molecule has 0 aliphatic rings. The van der Waals surface area contributed by atoms with Crippen LogP contribution in [0.2, 0.25) is 0 Å². The minimum absolute atomic E-state index is 0.0237. The summed E-state index contributed by atoms with van der Waals surface area (Å²) in [5.41, 5.74) is 2.74. The fourth-order valence-electron chi connectivity index (χ4n) is 3.75. The van der Waals surface area contributed by atoms with Gasteiger partial charge in [-0.25, -0.2) is 4.79 Å². The Morgan fingerprint density at radius 2 is 0.958 bits per heavy atom. The van der Waals surface area contributed by atoms with Crippen molar-refractivity contribution in [1.29, 1.82) is 5.26 Å². The lowest BCUT2D eigenvalue weighted by Gasteiger charge is -2.22. The summed E-state index contributed by atoms with van der Waals surface area (Å²) < 4.78 is 0. The minimum Gasteiger partial charge on any atom is -0.395 e. The van der Waals surface area contributed by atoms with Gasteiger partial charge in [0.2, 0.25) is 6.19 Å². The molecule has 9 N–H and O–H groups in total. The summed E-state index contributed by atoms with van der Waals surface area (Å²) in [4.78, 5) is 16.7. The molecule has 0 atom stereocenters. The van der Waals surface area contributed by atoms with E-state index in [4.69, 9.17) is 46.1 Å². The number of urea groups is 1. The summed E-state index contributed by atoms with van der Waals surface area (Å²) in [6.45, 7) is 2.84. The molecule has 268 valence electrons. The maximum Gasteiger partial charge on any atom is 0.362 e. The summed E-state index contributed by atoms with van der Waals surface area (Å²) in [6, 6.07) is 13.2. The molecule has 0 saturated carbocycles. The summed E-state index contributed by atoms with van der Waals surface area (Å²) >= 11 is 0. The van der Waals surface area contributed by atoms with Crippen molar-refractivity contribution < 1.29 is 45.6 Å². The molecule has 2 aromatic rings. The van der Waals surface area contributed by atoms with E-state index in [9.17, 15) is 4.79 Å². The molecule has 0 aromatic heterocycles. The number of azo groups is 2. The van der Waals surface area contributed by atoms with Crippen LogP contribution in [0.4, 0.5) is 27.5 Å². The molecule has 0 spiro atoms. The van der Waals surface area contributed by atoms with Crippen LogP contribution in [-0.4, -0.2) is 157 Å². The van der Waals surface area contributed by atoms with Crippen molar-refractivity contribution in [1.82, 2.24) is 10.2 Å². The minimum atomic E-state index is -0.635. The highest BCUT2D eigenvalue weighted by atomic mass is 16.3. The van der Waals surface area contributed by atoms with Gasteiger partial charge in [-0.2, -0.15) is 5.26 Å². The highest BCUT2D eigenvalue weighted by Gasteiger charge is 2.11. The molecule has 2 amide bonds. The number of aliphatic hydroxyl groups excluding tert-OH is 8. The second kappa shape index (κ2) is 30.2. The molecule has 0 fully saturated rings. The van der Waals surface area contributed by atoms with E-state index in [2.05, 4.69) is 25.8 Å². The average molecular weight is 680 g/mol. The van der Waals surface area contributed by atoms with Crippen LogP contribution in [0.25, 0.3) is 0 Å². The van der Waals surface area contributed by atoms with Gasteiger partial charge >= 0.3 is 6.03 Å². The van der Waals surface area contributed by atoms with Crippen LogP contribution in [-0.2, 0) is 0 Å². The number of hydrogen-bond donors (Lipinski definition) is 9. The number of nitrogens with zero attached hydrogens (tertiary/aromatic N) is 8. The lowest BCUT2D eigenvalue weighted by Crippen LogP contribution is -2.33. The highest BCUT2D eigenvalue weighted by Crippen LogP contribution is 2.21. The Balaban J connectivity index is 0.000000797. The Kier molecular flexibility index (Phi) is 27.6. The van der Waals surface area contributed by atoms with Gasteiger partial charge in [-0.1, -0.05) is 10.2 Å². The molecule has 18 nitrogen and oxygen atoms in total. The molecule has 0 heterocycles. The summed E-state index contributed by atoms with van der Waals surface area (Å²) in [6.07, 6.45) is 1.58. The van der Waals surface area contributed by atoms with E-state index in [1.165, 1.54) is 4.90 Å². The second-order valence-corrected chi connectivity index (χ2v) is 9.32. The Morgan fingerprint density at radius 3 is 1.29 bits per heavy atom. The standard InChI is InChI=1S/C15H24N4O5.C11H14N4O2.C4H11NO2/c20-9-5-18(6-10-21)14-3-1-13(2-4-14)16-17-15(24)19(7-11-22)8-12-23;12-9-13-14-10-1-3-11(4-2-10)15(5-7-16)6-8-17;6-3-1-5-2-4-7/h1-4,20-23H,5-12H2;1-4,16-17H,5-8H2;5-7H,1-4H2. The highest BCUT2D eigenvalue weighted by molar-refractivity contribution is 5.74. The first-order chi connectivity index (χ1) is 23.4. The van der Waals surface area contributed by atoms with E-state index in [1.807, 2.05) is 9.80 Å². The number of amides is 2. The van der Waals surface area contributed by atoms with Crippen LogP contribution in [0, 0.1) is 11.5 Å². The molecule has 18 heteroatoms. The smallest absolute Gasteiger partial charge is 0.362 e.